The Morgan fingerprint density at radius 3 is 2.74 bits per heavy atom. The van der Waals surface area contributed by atoms with Crippen LogP contribution in [0.5, 0.6) is 5.75 Å². The molecule has 3 fully saturated rings. The van der Waals surface area contributed by atoms with Crippen LogP contribution in [-0.2, 0) is 9.59 Å². The topological polar surface area (TPSA) is 141 Å². The second-order valence-electron chi connectivity index (χ2n) is 10.2. The van der Waals surface area contributed by atoms with E-state index in [0.717, 1.165) is 36.6 Å². The number of methoxy groups -OCH3 is 1. The number of nitrogens with one attached hydrogen (secondary N) is 2. The number of H-pyrrole nitrogens is 1. The molecular formula is C26H31N5O4. The lowest BCUT2D eigenvalue weighted by molar-refractivity contribution is -0.123. The van der Waals surface area contributed by atoms with Crippen molar-refractivity contribution in [1.82, 2.24) is 15.2 Å². The normalized spacial score (nSPS) is 26.1. The summed E-state index contributed by atoms with van der Waals surface area (Å²) in [6.45, 7) is 0.598. The molecular weight excluding hydrogens is 446 g/mol. The number of nitriles is 1. The summed E-state index contributed by atoms with van der Waals surface area (Å²) in [6.07, 6.45) is 5.13. The summed E-state index contributed by atoms with van der Waals surface area (Å²) in [5.74, 6) is -1.16. The minimum Gasteiger partial charge on any atom is -0.496 e. The summed E-state index contributed by atoms with van der Waals surface area (Å²) in [6, 6.07) is 8.39. The zero-order valence-electron chi connectivity index (χ0n) is 19.9. The van der Waals surface area contributed by atoms with E-state index in [2.05, 4.69) is 16.4 Å². The van der Waals surface area contributed by atoms with E-state index in [-0.39, 0.29) is 23.1 Å². The molecule has 1 saturated carbocycles. The summed E-state index contributed by atoms with van der Waals surface area (Å²) >= 11 is 0. The number of rotatable bonds is 6. The quantitative estimate of drug-likeness (QED) is 0.586. The molecule has 3 amide bonds. The Balaban J connectivity index is 1.57. The second kappa shape index (κ2) is 8.91. The van der Waals surface area contributed by atoms with E-state index in [1.165, 1.54) is 0 Å². The largest absolute Gasteiger partial charge is 0.496 e. The number of nitrogens with two attached hydrogens (primary N) is 1. The van der Waals surface area contributed by atoms with Crippen LogP contribution in [0.2, 0.25) is 0 Å². The fourth-order valence-corrected chi connectivity index (χ4v) is 6.79. The Bertz CT molecular complexity index is 1210. The van der Waals surface area contributed by atoms with E-state index in [1.807, 2.05) is 18.2 Å². The molecule has 2 saturated heterocycles. The molecule has 2 aliphatic heterocycles. The van der Waals surface area contributed by atoms with Crippen LogP contribution in [0.3, 0.4) is 0 Å². The molecule has 3 aliphatic rings. The molecule has 1 spiro atoms. The first-order chi connectivity index (χ1) is 16.9. The van der Waals surface area contributed by atoms with Crippen molar-refractivity contribution in [2.75, 3.05) is 13.7 Å². The SMILES string of the molecule is COc1cccc2[nH]c(C(=O)N3C(C(N)=O)CC4(CCCC4)C3[C@@H](C#N)C[C@H]3CCNC3=O)cc12. The minimum atomic E-state index is -0.799. The molecule has 9 nitrogen and oxygen atoms in total. The van der Waals surface area contributed by atoms with Gasteiger partial charge in [0.15, 0.2) is 0 Å². The Morgan fingerprint density at radius 1 is 1.34 bits per heavy atom. The van der Waals surface area contributed by atoms with E-state index < -0.39 is 23.9 Å². The number of amides is 3. The molecule has 4 atom stereocenters. The lowest BCUT2D eigenvalue weighted by Crippen LogP contribution is -2.52. The monoisotopic (exact) mass is 477 g/mol. The number of nitrogens with zero attached hydrogens (tertiary/aromatic N) is 2. The van der Waals surface area contributed by atoms with Crippen molar-refractivity contribution in [1.29, 1.82) is 5.26 Å². The van der Waals surface area contributed by atoms with Crippen LogP contribution in [-0.4, -0.2) is 53.3 Å². The van der Waals surface area contributed by atoms with E-state index in [9.17, 15) is 19.6 Å². The first-order valence-corrected chi connectivity index (χ1v) is 12.3. The van der Waals surface area contributed by atoms with Crippen LogP contribution >= 0.6 is 0 Å². The standard InChI is InChI=1S/C26H31N5O4/c1-35-21-6-4-5-18-17(21)12-19(30-18)25(34)31-20(23(28)32)13-26(8-2-3-9-26)22(31)16(14-27)11-15-7-10-29-24(15)33/h4-6,12,15-16,20,22,30H,2-3,7-11,13H2,1H3,(H2,28,32)(H,29,33)/t15-,16-,20?,22?/m1/s1. The highest BCUT2D eigenvalue weighted by Crippen LogP contribution is 2.55. The van der Waals surface area contributed by atoms with Crippen molar-refractivity contribution in [2.45, 2.75) is 57.0 Å². The van der Waals surface area contributed by atoms with Gasteiger partial charge in [0.1, 0.15) is 17.5 Å². The maximum atomic E-state index is 14.1. The predicted molar refractivity (Wildman–Crippen MR) is 128 cm³/mol. The molecule has 1 aromatic carbocycles. The maximum Gasteiger partial charge on any atom is 0.271 e. The van der Waals surface area contributed by atoms with Gasteiger partial charge < -0.3 is 25.7 Å². The maximum absolute atomic E-state index is 14.1. The van der Waals surface area contributed by atoms with Crippen molar-refractivity contribution in [3.63, 3.8) is 0 Å². The van der Waals surface area contributed by atoms with Gasteiger partial charge in [0.25, 0.3) is 5.91 Å². The lowest BCUT2D eigenvalue weighted by Gasteiger charge is -2.39. The Kier molecular flexibility index (Phi) is 5.91. The number of primary amides is 1. The third kappa shape index (κ3) is 3.81. The van der Waals surface area contributed by atoms with Gasteiger partial charge in [0.2, 0.25) is 11.8 Å². The van der Waals surface area contributed by atoms with Crippen molar-refractivity contribution in [2.24, 2.45) is 23.0 Å². The highest BCUT2D eigenvalue weighted by atomic mass is 16.5. The molecule has 2 aromatic rings. The average molecular weight is 478 g/mol. The minimum absolute atomic E-state index is 0.0456. The molecule has 5 rings (SSSR count). The van der Waals surface area contributed by atoms with Crippen molar-refractivity contribution >= 4 is 28.6 Å². The van der Waals surface area contributed by atoms with Crippen LogP contribution in [0.25, 0.3) is 10.9 Å². The first-order valence-electron chi connectivity index (χ1n) is 12.3. The van der Waals surface area contributed by atoms with E-state index in [1.54, 1.807) is 18.1 Å². The first kappa shape index (κ1) is 23.2. The third-order valence-corrected chi connectivity index (χ3v) is 8.35. The van der Waals surface area contributed by atoms with Gasteiger partial charge >= 0.3 is 0 Å². The smallest absolute Gasteiger partial charge is 0.271 e. The number of likely N-dealkylation sites (tertiary alicyclic amines) is 1. The Morgan fingerprint density at radius 2 is 2.11 bits per heavy atom. The number of carbonyl (C=O) groups is 3. The lowest BCUT2D eigenvalue weighted by atomic mass is 9.71. The molecule has 0 radical (unpaired) electrons. The van der Waals surface area contributed by atoms with Gasteiger partial charge in [0.05, 0.1) is 25.1 Å². The summed E-state index contributed by atoms with van der Waals surface area (Å²) in [7, 11) is 1.57. The predicted octanol–water partition coefficient (Wildman–Crippen LogP) is 2.47. The van der Waals surface area contributed by atoms with Gasteiger partial charge in [-0.15, -0.1) is 0 Å². The fourth-order valence-electron chi connectivity index (χ4n) is 6.79. The van der Waals surface area contributed by atoms with Crippen molar-refractivity contribution < 1.29 is 19.1 Å². The van der Waals surface area contributed by atoms with E-state index in [0.29, 0.717) is 37.3 Å². The van der Waals surface area contributed by atoms with Gasteiger partial charge in [-0.3, -0.25) is 14.4 Å². The van der Waals surface area contributed by atoms with Crippen LogP contribution in [0.15, 0.2) is 24.3 Å². The average Bonchev–Trinajstić information content (AvgIpc) is 3.64. The number of benzene rings is 1. The molecule has 2 unspecified atom stereocenters. The highest BCUT2D eigenvalue weighted by Gasteiger charge is 2.59. The molecule has 35 heavy (non-hydrogen) atoms. The summed E-state index contributed by atoms with van der Waals surface area (Å²) in [5, 5.41) is 13.9. The number of aromatic nitrogens is 1. The molecule has 3 heterocycles. The molecule has 4 N–H and O–H groups in total. The van der Waals surface area contributed by atoms with Gasteiger partial charge in [-0.25, -0.2) is 0 Å². The van der Waals surface area contributed by atoms with E-state index >= 15 is 0 Å². The van der Waals surface area contributed by atoms with Crippen LogP contribution in [0, 0.1) is 28.6 Å². The van der Waals surface area contributed by atoms with Gasteiger partial charge in [-0.1, -0.05) is 18.9 Å². The fraction of sp³-hybridized carbons (Fsp3) is 0.538. The van der Waals surface area contributed by atoms with Crippen LogP contribution in [0.4, 0.5) is 0 Å². The molecule has 1 aliphatic carbocycles. The third-order valence-electron chi connectivity index (χ3n) is 8.35. The number of fused-ring (bicyclic) bond motifs is 1. The molecule has 184 valence electrons. The van der Waals surface area contributed by atoms with Crippen molar-refractivity contribution in [3.05, 3.63) is 30.0 Å². The van der Waals surface area contributed by atoms with Gasteiger partial charge in [-0.2, -0.15) is 5.26 Å². The molecule has 9 heteroatoms. The number of carbonyl (C=O) groups excluding carboxylic acids is 3. The Hall–Kier alpha value is -3.54. The zero-order valence-corrected chi connectivity index (χ0v) is 19.9. The number of aromatic amines is 1. The number of hydrogen-bond acceptors (Lipinski definition) is 5. The summed E-state index contributed by atoms with van der Waals surface area (Å²) in [5.41, 5.74) is 6.57. The van der Waals surface area contributed by atoms with Gasteiger partial charge in [-0.05, 0) is 55.7 Å². The van der Waals surface area contributed by atoms with Gasteiger partial charge in [0, 0.05) is 23.4 Å². The zero-order chi connectivity index (χ0) is 24.7. The molecule has 1 aromatic heterocycles. The van der Waals surface area contributed by atoms with Crippen LogP contribution < -0.4 is 15.8 Å². The Labute approximate surface area is 204 Å². The van der Waals surface area contributed by atoms with Crippen LogP contribution in [0.1, 0.15) is 55.4 Å². The van der Waals surface area contributed by atoms with Crippen molar-refractivity contribution in [3.8, 4) is 11.8 Å². The second-order valence-corrected chi connectivity index (χ2v) is 10.2. The molecule has 0 bridgehead atoms. The summed E-state index contributed by atoms with van der Waals surface area (Å²) < 4.78 is 5.44. The number of ether oxygens (including phenoxy) is 1. The number of hydrogen-bond donors (Lipinski definition) is 3. The highest BCUT2D eigenvalue weighted by molar-refractivity contribution is 6.02. The van der Waals surface area contributed by atoms with E-state index in [4.69, 9.17) is 10.5 Å². The summed E-state index contributed by atoms with van der Waals surface area (Å²) in [4.78, 5) is 43.8.